The molecule has 3 unspecified atom stereocenters. The van der Waals surface area contributed by atoms with Crippen LogP contribution in [0.3, 0.4) is 0 Å². The lowest BCUT2D eigenvalue weighted by molar-refractivity contribution is 0.527. The minimum atomic E-state index is -0.671. The highest BCUT2D eigenvalue weighted by atomic mass is 32.2. The molecule has 1 aliphatic heterocycles. The van der Waals surface area contributed by atoms with E-state index in [2.05, 4.69) is 10.6 Å². The van der Waals surface area contributed by atoms with E-state index in [1.165, 1.54) is 19.4 Å². The highest BCUT2D eigenvalue weighted by molar-refractivity contribution is 7.84. The molecule has 84 valence electrons. The number of hydrogen-bond acceptors (Lipinski definition) is 3. The van der Waals surface area contributed by atoms with E-state index in [0.29, 0.717) is 11.3 Å². The Morgan fingerprint density at radius 3 is 3.00 bits per heavy atom. The van der Waals surface area contributed by atoms with Crippen molar-refractivity contribution in [3.8, 4) is 0 Å². The van der Waals surface area contributed by atoms with Crippen molar-refractivity contribution < 1.29 is 4.21 Å². The van der Waals surface area contributed by atoms with Crippen LogP contribution >= 0.6 is 0 Å². The Morgan fingerprint density at radius 1 is 1.64 bits per heavy atom. The predicted molar refractivity (Wildman–Crippen MR) is 62.0 cm³/mol. The van der Waals surface area contributed by atoms with Crippen molar-refractivity contribution in [2.24, 2.45) is 0 Å². The predicted octanol–water partition coefficient (Wildman–Crippen LogP) is 0.485. The molecule has 1 saturated heterocycles. The van der Waals surface area contributed by atoms with E-state index in [-0.39, 0.29) is 0 Å². The van der Waals surface area contributed by atoms with Gasteiger partial charge in [0.25, 0.3) is 0 Å². The van der Waals surface area contributed by atoms with Gasteiger partial charge in [-0.3, -0.25) is 4.21 Å². The summed E-state index contributed by atoms with van der Waals surface area (Å²) in [5.74, 6) is 0. The van der Waals surface area contributed by atoms with Crippen molar-refractivity contribution in [1.82, 2.24) is 10.6 Å². The van der Waals surface area contributed by atoms with Crippen LogP contribution in [-0.4, -0.2) is 41.4 Å². The Balaban J connectivity index is 1.95. The molecule has 0 aromatic rings. The topological polar surface area (TPSA) is 41.1 Å². The van der Waals surface area contributed by atoms with Crippen LogP contribution < -0.4 is 10.6 Å². The Hall–Kier alpha value is 0.0700. The molecule has 0 aromatic heterocycles. The lowest BCUT2D eigenvalue weighted by atomic mass is 10.2. The standard InChI is InChI=1S/C10H22N2OS/c1-9(14(2)13)5-7-11-8-10-4-3-6-12-10/h9-12H,3-8H2,1-2H3. The summed E-state index contributed by atoms with van der Waals surface area (Å²) >= 11 is 0. The van der Waals surface area contributed by atoms with E-state index >= 15 is 0 Å². The summed E-state index contributed by atoms with van der Waals surface area (Å²) in [5, 5.41) is 7.18. The zero-order valence-electron chi connectivity index (χ0n) is 9.21. The summed E-state index contributed by atoms with van der Waals surface area (Å²) in [6.45, 7) is 5.26. The van der Waals surface area contributed by atoms with Gasteiger partial charge in [-0.15, -0.1) is 0 Å². The number of hydrogen-bond donors (Lipinski definition) is 2. The van der Waals surface area contributed by atoms with Crippen molar-refractivity contribution >= 4 is 10.8 Å². The summed E-state index contributed by atoms with van der Waals surface area (Å²) in [7, 11) is -0.671. The zero-order chi connectivity index (χ0) is 10.4. The van der Waals surface area contributed by atoms with Crippen molar-refractivity contribution in [3.63, 3.8) is 0 Å². The van der Waals surface area contributed by atoms with Gasteiger partial charge in [0.1, 0.15) is 0 Å². The minimum absolute atomic E-state index is 0.319. The van der Waals surface area contributed by atoms with Gasteiger partial charge < -0.3 is 10.6 Å². The smallest absolute Gasteiger partial charge is 0.0329 e. The van der Waals surface area contributed by atoms with Gasteiger partial charge in [0.05, 0.1) is 0 Å². The summed E-state index contributed by atoms with van der Waals surface area (Å²) in [4.78, 5) is 0. The maximum absolute atomic E-state index is 11.1. The van der Waals surface area contributed by atoms with E-state index in [9.17, 15) is 4.21 Å². The van der Waals surface area contributed by atoms with Crippen LogP contribution in [-0.2, 0) is 10.8 Å². The molecule has 1 fully saturated rings. The Morgan fingerprint density at radius 2 is 2.43 bits per heavy atom. The normalized spacial score (nSPS) is 26.3. The lowest BCUT2D eigenvalue weighted by Crippen LogP contribution is -2.35. The van der Waals surface area contributed by atoms with E-state index in [4.69, 9.17) is 0 Å². The fourth-order valence-corrected chi connectivity index (χ4v) is 2.13. The third-order valence-corrected chi connectivity index (χ3v) is 4.22. The molecule has 0 radical (unpaired) electrons. The van der Waals surface area contributed by atoms with Crippen molar-refractivity contribution in [2.75, 3.05) is 25.9 Å². The van der Waals surface area contributed by atoms with E-state index in [1.807, 2.05) is 6.92 Å². The largest absolute Gasteiger partial charge is 0.315 e. The molecule has 0 saturated carbocycles. The second kappa shape index (κ2) is 6.53. The third-order valence-electron chi connectivity index (χ3n) is 2.85. The van der Waals surface area contributed by atoms with Gasteiger partial charge in [-0.2, -0.15) is 0 Å². The molecule has 0 bridgehead atoms. The first kappa shape index (κ1) is 12.1. The zero-order valence-corrected chi connectivity index (χ0v) is 10.0. The summed E-state index contributed by atoms with van der Waals surface area (Å²) in [5.41, 5.74) is 0. The quantitative estimate of drug-likeness (QED) is 0.637. The van der Waals surface area contributed by atoms with Crippen LogP contribution in [0.25, 0.3) is 0 Å². The molecular formula is C10H22N2OS. The summed E-state index contributed by atoms with van der Waals surface area (Å²) in [6, 6.07) is 0.664. The number of nitrogens with one attached hydrogen (secondary N) is 2. The summed E-state index contributed by atoms with van der Waals surface area (Å²) in [6.07, 6.45) is 5.39. The Bertz CT molecular complexity index is 181. The lowest BCUT2D eigenvalue weighted by Gasteiger charge is -2.13. The number of rotatable bonds is 6. The summed E-state index contributed by atoms with van der Waals surface area (Å²) < 4.78 is 11.1. The molecule has 3 atom stereocenters. The van der Waals surface area contributed by atoms with E-state index < -0.39 is 10.8 Å². The maximum Gasteiger partial charge on any atom is 0.0329 e. The van der Waals surface area contributed by atoms with E-state index in [1.54, 1.807) is 6.26 Å². The first-order valence-electron chi connectivity index (χ1n) is 5.46. The van der Waals surface area contributed by atoms with Crippen molar-refractivity contribution in [3.05, 3.63) is 0 Å². The molecule has 1 rings (SSSR count). The van der Waals surface area contributed by atoms with Gasteiger partial charge in [-0.1, -0.05) is 6.92 Å². The molecule has 1 aliphatic rings. The van der Waals surface area contributed by atoms with Gasteiger partial charge in [-0.05, 0) is 32.4 Å². The van der Waals surface area contributed by atoms with Gasteiger partial charge in [0.2, 0.25) is 0 Å². The highest BCUT2D eigenvalue weighted by Gasteiger charge is 2.13. The van der Waals surface area contributed by atoms with Crippen molar-refractivity contribution in [2.45, 2.75) is 37.5 Å². The van der Waals surface area contributed by atoms with Crippen LogP contribution in [0.15, 0.2) is 0 Å². The molecule has 0 spiro atoms. The molecule has 3 nitrogen and oxygen atoms in total. The molecule has 0 aliphatic carbocycles. The van der Waals surface area contributed by atoms with Crippen LogP contribution in [0.1, 0.15) is 26.2 Å². The second-order valence-electron chi connectivity index (χ2n) is 4.10. The Kier molecular flexibility index (Phi) is 5.67. The minimum Gasteiger partial charge on any atom is -0.315 e. The molecule has 2 N–H and O–H groups in total. The van der Waals surface area contributed by atoms with Crippen LogP contribution in [0.5, 0.6) is 0 Å². The molecule has 4 heteroatoms. The van der Waals surface area contributed by atoms with Crippen LogP contribution in [0.2, 0.25) is 0 Å². The fourth-order valence-electron chi connectivity index (χ4n) is 1.68. The van der Waals surface area contributed by atoms with Crippen LogP contribution in [0, 0.1) is 0 Å². The molecule has 0 amide bonds. The first-order valence-corrected chi connectivity index (χ1v) is 7.08. The van der Waals surface area contributed by atoms with Crippen molar-refractivity contribution in [1.29, 1.82) is 0 Å². The van der Waals surface area contributed by atoms with Gasteiger partial charge in [0, 0.05) is 34.9 Å². The maximum atomic E-state index is 11.1. The third kappa shape index (κ3) is 4.53. The molecular weight excluding hydrogens is 196 g/mol. The van der Waals surface area contributed by atoms with Crippen LogP contribution in [0.4, 0.5) is 0 Å². The second-order valence-corrected chi connectivity index (χ2v) is 5.90. The monoisotopic (exact) mass is 218 g/mol. The van der Waals surface area contributed by atoms with Gasteiger partial charge >= 0.3 is 0 Å². The SMILES string of the molecule is CC(CCNCC1CCCN1)S(C)=O. The molecule has 1 heterocycles. The Labute approximate surface area is 89.5 Å². The highest BCUT2D eigenvalue weighted by Crippen LogP contribution is 2.03. The van der Waals surface area contributed by atoms with Gasteiger partial charge in [-0.25, -0.2) is 0 Å². The van der Waals surface area contributed by atoms with E-state index in [0.717, 1.165) is 19.5 Å². The fraction of sp³-hybridized carbons (Fsp3) is 1.00. The molecule has 14 heavy (non-hydrogen) atoms. The van der Waals surface area contributed by atoms with Gasteiger partial charge in [0.15, 0.2) is 0 Å². The average Bonchev–Trinajstić information content (AvgIpc) is 2.64. The average molecular weight is 218 g/mol. The molecule has 0 aromatic carbocycles. The first-order chi connectivity index (χ1) is 6.70.